The van der Waals surface area contributed by atoms with Crippen LogP contribution in [0.4, 0.5) is 5.69 Å². The van der Waals surface area contributed by atoms with Crippen molar-refractivity contribution in [2.45, 2.75) is 13.8 Å². The van der Waals surface area contributed by atoms with E-state index < -0.39 is 0 Å². The molecule has 2 aromatic rings. The van der Waals surface area contributed by atoms with Crippen molar-refractivity contribution >= 4 is 33.6 Å². The van der Waals surface area contributed by atoms with Crippen LogP contribution in [-0.4, -0.2) is 13.0 Å². The minimum Gasteiger partial charge on any atom is -0.496 e. The van der Waals surface area contributed by atoms with Gasteiger partial charge in [-0.1, -0.05) is 12.1 Å². The van der Waals surface area contributed by atoms with E-state index in [0.29, 0.717) is 0 Å². The Bertz CT molecular complexity index is 723. The summed E-state index contributed by atoms with van der Waals surface area (Å²) in [6.45, 7) is 4.07. The third kappa shape index (κ3) is 4.21. The number of anilines is 1. The Balaban J connectivity index is 2.04. The third-order valence-corrected chi connectivity index (χ3v) is 4.00. The zero-order chi connectivity index (χ0) is 16.1. The minimum absolute atomic E-state index is 0.157. The van der Waals surface area contributed by atoms with Crippen molar-refractivity contribution in [3.63, 3.8) is 0 Å². The van der Waals surface area contributed by atoms with Gasteiger partial charge in [0.2, 0.25) is 5.91 Å². The Morgan fingerprint density at radius 2 is 1.91 bits per heavy atom. The van der Waals surface area contributed by atoms with Crippen molar-refractivity contribution in [2.24, 2.45) is 0 Å². The largest absolute Gasteiger partial charge is 0.496 e. The van der Waals surface area contributed by atoms with E-state index in [1.54, 1.807) is 13.2 Å². The van der Waals surface area contributed by atoms with Crippen LogP contribution in [0.15, 0.2) is 46.9 Å². The number of halogens is 1. The number of benzene rings is 2. The van der Waals surface area contributed by atoms with Gasteiger partial charge in [-0.25, -0.2) is 0 Å². The van der Waals surface area contributed by atoms with E-state index >= 15 is 0 Å². The third-order valence-electron chi connectivity index (χ3n) is 3.38. The molecule has 4 heteroatoms. The maximum Gasteiger partial charge on any atom is 0.248 e. The fourth-order valence-electron chi connectivity index (χ4n) is 1.96. The molecular formula is C18H18BrNO2. The van der Waals surface area contributed by atoms with Gasteiger partial charge in [0.05, 0.1) is 11.6 Å². The number of rotatable bonds is 4. The van der Waals surface area contributed by atoms with Crippen LogP contribution in [0.5, 0.6) is 5.75 Å². The second-order valence-electron chi connectivity index (χ2n) is 5.02. The molecule has 0 aliphatic rings. The van der Waals surface area contributed by atoms with Gasteiger partial charge in [-0.2, -0.15) is 0 Å². The molecule has 0 aliphatic carbocycles. The van der Waals surface area contributed by atoms with Gasteiger partial charge < -0.3 is 10.1 Å². The van der Waals surface area contributed by atoms with E-state index in [0.717, 1.165) is 27.0 Å². The summed E-state index contributed by atoms with van der Waals surface area (Å²) in [6, 6.07) is 11.5. The lowest BCUT2D eigenvalue weighted by Gasteiger charge is -2.06. The molecule has 22 heavy (non-hydrogen) atoms. The van der Waals surface area contributed by atoms with Gasteiger partial charge in [0.15, 0.2) is 0 Å². The summed E-state index contributed by atoms with van der Waals surface area (Å²) in [5, 5.41) is 2.86. The lowest BCUT2D eigenvalue weighted by atomic mass is 10.1. The van der Waals surface area contributed by atoms with Crippen molar-refractivity contribution in [2.75, 3.05) is 12.4 Å². The van der Waals surface area contributed by atoms with Crippen molar-refractivity contribution in [3.8, 4) is 5.75 Å². The molecule has 3 nitrogen and oxygen atoms in total. The standard InChI is InChI=1S/C18H18BrNO2/c1-12-4-7-15(10-13(12)2)20-18(21)9-6-14-5-8-17(22-3)16(19)11-14/h4-11H,1-3H3,(H,20,21)/b9-6+. The van der Waals surface area contributed by atoms with Gasteiger partial charge in [-0.3, -0.25) is 4.79 Å². The van der Waals surface area contributed by atoms with Crippen LogP contribution < -0.4 is 10.1 Å². The summed E-state index contributed by atoms with van der Waals surface area (Å²) in [4.78, 5) is 12.0. The highest BCUT2D eigenvalue weighted by molar-refractivity contribution is 9.10. The number of ether oxygens (including phenoxy) is 1. The molecule has 1 amide bonds. The van der Waals surface area contributed by atoms with Crippen molar-refractivity contribution in [3.05, 3.63) is 63.6 Å². The van der Waals surface area contributed by atoms with Crippen LogP contribution in [0.3, 0.4) is 0 Å². The summed E-state index contributed by atoms with van der Waals surface area (Å²) in [5.74, 6) is 0.604. The van der Waals surface area contributed by atoms with E-state index in [1.165, 1.54) is 11.6 Å². The first-order valence-corrected chi connectivity index (χ1v) is 7.69. The summed E-state index contributed by atoms with van der Waals surface area (Å²) in [6.07, 6.45) is 3.28. The number of aryl methyl sites for hydroxylation is 2. The van der Waals surface area contributed by atoms with Crippen LogP contribution in [0.2, 0.25) is 0 Å². The van der Waals surface area contributed by atoms with Gasteiger partial charge in [-0.15, -0.1) is 0 Å². The van der Waals surface area contributed by atoms with E-state index in [1.807, 2.05) is 50.2 Å². The average Bonchev–Trinajstić information content (AvgIpc) is 2.49. The van der Waals surface area contributed by atoms with Crippen LogP contribution in [0.25, 0.3) is 6.08 Å². The maximum atomic E-state index is 12.0. The number of amides is 1. The first-order chi connectivity index (χ1) is 10.5. The Morgan fingerprint density at radius 1 is 1.14 bits per heavy atom. The summed E-state index contributed by atoms with van der Waals surface area (Å²) in [7, 11) is 1.62. The molecule has 0 aromatic heterocycles. The van der Waals surface area contributed by atoms with Gasteiger partial charge >= 0.3 is 0 Å². The number of hydrogen-bond donors (Lipinski definition) is 1. The Kier molecular flexibility index (Phi) is 5.39. The van der Waals surface area contributed by atoms with E-state index in [9.17, 15) is 4.79 Å². The second kappa shape index (κ2) is 7.27. The fourth-order valence-corrected chi connectivity index (χ4v) is 2.52. The van der Waals surface area contributed by atoms with Crippen LogP contribution in [0, 0.1) is 13.8 Å². The minimum atomic E-state index is -0.157. The molecule has 0 bridgehead atoms. The highest BCUT2D eigenvalue weighted by Gasteiger charge is 2.02. The number of nitrogens with one attached hydrogen (secondary N) is 1. The first kappa shape index (κ1) is 16.3. The van der Waals surface area contributed by atoms with Gasteiger partial charge in [0.25, 0.3) is 0 Å². The van der Waals surface area contributed by atoms with Crippen molar-refractivity contribution in [1.82, 2.24) is 0 Å². The molecule has 0 atom stereocenters. The predicted molar refractivity (Wildman–Crippen MR) is 94.3 cm³/mol. The molecule has 0 aliphatic heterocycles. The van der Waals surface area contributed by atoms with Gasteiger partial charge in [0.1, 0.15) is 5.75 Å². The molecule has 0 saturated carbocycles. The monoisotopic (exact) mass is 359 g/mol. The van der Waals surface area contributed by atoms with E-state index in [2.05, 4.69) is 21.2 Å². The van der Waals surface area contributed by atoms with Gasteiger partial charge in [0, 0.05) is 11.8 Å². The number of methoxy groups -OCH3 is 1. The van der Waals surface area contributed by atoms with Crippen LogP contribution in [0.1, 0.15) is 16.7 Å². The Hall–Kier alpha value is -2.07. The average molecular weight is 360 g/mol. The number of hydrogen-bond acceptors (Lipinski definition) is 2. The van der Waals surface area contributed by atoms with Crippen LogP contribution in [-0.2, 0) is 4.79 Å². The molecule has 0 fully saturated rings. The molecule has 0 spiro atoms. The summed E-state index contributed by atoms with van der Waals surface area (Å²) < 4.78 is 6.03. The molecular weight excluding hydrogens is 342 g/mol. The number of carbonyl (C=O) groups is 1. The lowest BCUT2D eigenvalue weighted by molar-refractivity contribution is -0.111. The Morgan fingerprint density at radius 3 is 2.55 bits per heavy atom. The lowest BCUT2D eigenvalue weighted by Crippen LogP contribution is -2.07. The van der Waals surface area contributed by atoms with Gasteiger partial charge in [-0.05, 0) is 76.8 Å². The van der Waals surface area contributed by atoms with Crippen molar-refractivity contribution in [1.29, 1.82) is 0 Å². The maximum absolute atomic E-state index is 12.0. The molecule has 2 aromatic carbocycles. The van der Waals surface area contributed by atoms with Crippen LogP contribution >= 0.6 is 15.9 Å². The molecule has 0 heterocycles. The molecule has 114 valence electrons. The fraction of sp³-hybridized carbons (Fsp3) is 0.167. The highest BCUT2D eigenvalue weighted by Crippen LogP contribution is 2.26. The SMILES string of the molecule is COc1ccc(/C=C/C(=O)Nc2ccc(C)c(C)c2)cc1Br. The number of carbonyl (C=O) groups excluding carboxylic acids is 1. The molecule has 0 radical (unpaired) electrons. The zero-order valence-electron chi connectivity index (χ0n) is 12.8. The molecule has 1 N–H and O–H groups in total. The predicted octanol–water partition coefficient (Wildman–Crippen LogP) is 4.73. The Labute approximate surface area is 139 Å². The molecule has 2 rings (SSSR count). The normalized spacial score (nSPS) is 10.7. The zero-order valence-corrected chi connectivity index (χ0v) is 14.4. The highest BCUT2D eigenvalue weighted by atomic mass is 79.9. The summed E-state index contributed by atoms with van der Waals surface area (Å²) >= 11 is 3.42. The quantitative estimate of drug-likeness (QED) is 0.801. The van der Waals surface area contributed by atoms with E-state index in [-0.39, 0.29) is 5.91 Å². The molecule has 0 saturated heterocycles. The second-order valence-corrected chi connectivity index (χ2v) is 5.87. The van der Waals surface area contributed by atoms with E-state index in [4.69, 9.17) is 4.74 Å². The smallest absolute Gasteiger partial charge is 0.248 e. The topological polar surface area (TPSA) is 38.3 Å². The molecule has 0 unspecified atom stereocenters. The summed E-state index contributed by atoms with van der Waals surface area (Å²) in [5.41, 5.74) is 4.08. The van der Waals surface area contributed by atoms with Crippen molar-refractivity contribution < 1.29 is 9.53 Å². The first-order valence-electron chi connectivity index (χ1n) is 6.89.